The number of ether oxygens (including phenoxy) is 1. The molecule has 0 spiro atoms. The van der Waals surface area contributed by atoms with Gasteiger partial charge in [0.15, 0.2) is 5.96 Å². The van der Waals surface area contributed by atoms with Crippen LogP contribution in [0.1, 0.15) is 37.3 Å². The fourth-order valence-electron chi connectivity index (χ4n) is 3.20. The Hall–Kier alpha value is -2.08. The van der Waals surface area contributed by atoms with Gasteiger partial charge >= 0.3 is 0 Å². The Balaban J connectivity index is 1.86. The largest absolute Gasteiger partial charge is 0.377 e. The fourth-order valence-corrected chi connectivity index (χ4v) is 3.20. The zero-order valence-corrected chi connectivity index (χ0v) is 15.3. The van der Waals surface area contributed by atoms with Crippen LogP contribution in [0.4, 0.5) is 0 Å². The van der Waals surface area contributed by atoms with Crippen LogP contribution < -0.4 is 11.1 Å². The first-order valence-corrected chi connectivity index (χ1v) is 9.01. The topological polar surface area (TPSA) is 79.9 Å². The van der Waals surface area contributed by atoms with Crippen LogP contribution in [-0.4, -0.2) is 43.5 Å². The number of carbonyl (C=O) groups is 1. The predicted molar refractivity (Wildman–Crippen MR) is 100 cm³/mol. The second-order valence-corrected chi connectivity index (χ2v) is 6.48. The highest BCUT2D eigenvalue weighted by Crippen LogP contribution is 2.19. The van der Waals surface area contributed by atoms with E-state index in [4.69, 9.17) is 10.5 Å². The molecule has 138 valence electrons. The lowest BCUT2D eigenvalue weighted by Gasteiger charge is -2.34. The zero-order valence-electron chi connectivity index (χ0n) is 15.3. The first-order chi connectivity index (χ1) is 12.1. The quantitative estimate of drug-likeness (QED) is 0.584. The number of aliphatic imine (C=N–C) groups is 1. The zero-order chi connectivity index (χ0) is 18.1. The highest BCUT2D eigenvalue weighted by atomic mass is 16.5. The van der Waals surface area contributed by atoms with Crippen molar-refractivity contribution < 1.29 is 9.53 Å². The Morgan fingerprint density at radius 3 is 2.72 bits per heavy atom. The molecule has 1 saturated heterocycles. The Morgan fingerprint density at radius 1 is 1.36 bits per heavy atom. The van der Waals surface area contributed by atoms with Gasteiger partial charge in [0.05, 0.1) is 6.61 Å². The number of piperidine rings is 1. The lowest BCUT2D eigenvalue weighted by Crippen LogP contribution is -2.46. The van der Waals surface area contributed by atoms with Crippen LogP contribution >= 0.6 is 0 Å². The summed E-state index contributed by atoms with van der Waals surface area (Å²) in [7, 11) is 1.80. The van der Waals surface area contributed by atoms with Crippen molar-refractivity contribution in [2.75, 3.05) is 26.7 Å². The van der Waals surface area contributed by atoms with Crippen LogP contribution in [-0.2, 0) is 22.7 Å². The summed E-state index contributed by atoms with van der Waals surface area (Å²) in [6, 6.07) is 8.42. The Bertz CT molecular complexity index is 571. The molecular formula is C19H30N4O2. The van der Waals surface area contributed by atoms with Crippen LogP contribution in [0.25, 0.3) is 0 Å². The van der Waals surface area contributed by atoms with Crippen molar-refractivity contribution in [2.24, 2.45) is 16.6 Å². The summed E-state index contributed by atoms with van der Waals surface area (Å²) >= 11 is 0. The van der Waals surface area contributed by atoms with Gasteiger partial charge in [0.1, 0.15) is 0 Å². The molecule has 1 aromatic carbocycles. The third-order valence-corrected chi connectivity index (χ3v) is 4.47. The Kier molecular flexibility index (Phi) is 7.73. The van der Waals surface area contributed by atoms with Gasteiger partial charge < -0.3 is 20.7 Å². The van der Waals surface area contributed by atoms with Gasteiger partial charge in [-0.1, -0.05) is 24.3 Å². The maximum absolute atomic E-state index is 11.2. The molecule has 1 fully saturated rings. The Labute approximate surface area is 150 Å². The average molecular weight is 346 g/mol. The first-order valence-electron chi connectivity index (χ1n) is 9.01. The maximum atomic E-state index is 11.2. The minimum atomic E-state index is -0.220. The lowest BCUT2D eigenvalue weighted by atomic mass is 9.95. The molecule has 0 radical (unpaired) electrons. The molecule has 0 aromatic heterocycles. The molecule has 1 unspecified atom stereocenters. The number of hydrogen-bond donors (Lipinski definition) is 2. The number of guanidine groups is 1. The number of benzene rings is 1. The summed E-state index contributed by atoms with van der Waals surface area (Å²) in [5.41, 5.74) is 7.72. The summed E-state index contributed by atoms with van der Waals surface area (Å²) in [5, 5.41) is 3.42. The number of nitrogens with one attached hydrogen (secondary N) is 1. The number of primary amides is 1. The fraction of sp³-hybridized carbons (Fsp3) is 0.579. The van der Waals surface area contributed by atoms with E-state index >= 15 is 0 Å². The minimum absolute atomic E-state index is 0.220. The highest BCUT2D eigenvalue weighted by Gasteiger charge is 2.23. The van der Waals surface area contributed by atoms with Crippen molar-refractivity contribution in [3.8, 4) is 0 Å². The van der Waals surface area contributed by atoms with E-state index in [-0.39, 0.29) is 5.91 Å². The summed E-state index contributed by atoms with van der Waals surface area (Å²) in [5.74, 6) is 0.983. The van der Waals surface area contributed by atoms with Crippen molar-refractivity contribution in [1.29, 1.82) is 0 Å². The molecule has 1 atom stereocenters. The van der Waals surface area contributed by atoms with Crippen LogP contribution in [0.2, 0.25) is 0 Å². The number of rotatable bonds is 7. The van der Waals surface area contributed by atoms with Crippen LogP contribution in [0, 0.1) is 5.92 Å². The lowest BCUT2D eigenvalue weighted by molar-refractivity contribution is -0.119. The summed E-state index contributed by atoms with van der Waals surface area (Å²) in [6.07, 6.45) is 2.57. The first kappa shape index (κ1) is 19.2. The molecule has 25 heavy (non-hydrogen) atoms. The second-order valence-electron chi connectivity index (χ2n) is 6.48. The molecule has 1 amide bonds. The number of nitrogens with zero attached hydrogens (tertiary/aromatic N) is 2. The van der Waals surface area contributed by atoms with Crippen molar-refractivity contribution in [3.05, 3.63) is 35.4 Å². The minimum Gasteiger partial charge on any atom is -0.377 e. The SMILES string of the molecule is CCOCc1ccc(CNC(=NC)N2CCCC(CC(N)=O)C2)cc1. The number of likely N-dealkylation sites (tertiary alicyclic amines) is 1. The molecule has 0 aliphatic carbocycles. The molecule has 1 aromatic rings. The normalized spacial score (nSPS) is 18.2. The molecule has 2 rings (SSSR count). The molecule has 6 nitrogen and oxygen atoms in total. The third-order valence-electron chi connectivity index (χ3n) is 4.47. The van der Waals surface area contributed by atoms with Crippen LogP contribution in [0.5, 0.6) is 0 Å². The number of hydrogen-bond acceptors (Lipinski definition) is 3. The van der Waals surface area contributed by atoms with E-state index in [1.54, 1.807) is 7.05 Å². The number of amides is 1. The number of nitrogens with two attached hydrogens (primary N) is 1. The van der Waals surface area contributed by atoms with E-state index < -0.39 is 0 Å². The van der Waals surface area contributed by atoms with Crippen molar-refractivity contribution in [2.45, 2.75) is 39.3 Å². The molecule has 0 bridgehead atoms. The van der Waals surface area contributed by atoms with Crippen LogP contribution in [0.15, 0.2) is 29.3 Å². The molecule has 6 heteroatoms. The molecule has 1 aliphatic heterocycles. The van der Waals surface area contributed by atoms with E-state index in [9.17, 15) is 4.79 Å². The van der Waals surface area contributed by atoms with Gasteiger partial charge in [-0.05, 0) is 36.8 Å². The average Bonchev–Trinajstić information content (AvgIpc) is 2.61. The second kappa shape index (κ2) is 10.0. The summed E-state index contributed by atoms with van der Waals surface area (Å²) in [4.78, 5) is 17.8. The molecule has 3 N–H and O–H groups in total. The van der Waals surface area contributed by atoms with E-state index in [1.807, 2.05) is 6.92 Å². The van der Waals surface area contributed by atoms with Gasteiger partial charge in [-0.15, -0.1) is 0 Å². The van der Waals surface area contributed by atoms with Crippen LogP contribution in [0.3, 0.4) is 0 Å². The van der Waals surface area contributed by atoms with Gasteiger partial charge in [0, 0.05) is 39.7 Å². The summed E-state index contributed by atoms with van der Waals surface area (Å²) in [6.45, 7) is 5.89. The standard InChI is InChI=1S/C19H30N4O2/c1-3-25-14-16-8-6-15(7-9-16)12-22-19(21-2)23-10-4-5-17(13-23)11-18(20)24/h6-9,17H,3-5,10-14H2,1-2H3,(H2,20,24)(H,21,22). The number of carbonyl (C=O) groups excluding carboxylic acids is 1. The van der Waals surface area contributed by atoms with Gasteiger partial charge in [0.25, 0.3) is 0 Å². The van der Waals surface area contributed by atoms with E-state index in [0.29, 0.717) is 18.9 Å². The molecule has 0 saturated carbocycles. The summed E-state index contributed by atoms with van der Waals surface area (Å²) < 4.78 is 5.42. The van der Waals surface area contributed by atoms with Crippen molar-refractivity contribution in [1.82, 2.24) is 10.2 Å². The molecule has 1 heterocycles. The van der Waals surface area contributed by atoms with E-state index in [1.165, 1.54) is 11.1 Å². The van der Waals surface area contributed by atoms with Gasteiger partial charge in [-0.25, -0.2) is 0 Å². The van der Waals surface area contributed by atoms with Gasteiger partial charge in [0.2, 0.25) is 5.91 Å². The maximum Gasteiger partial charge on any atom is 0.217 e. The van der Waals surface area contributed by atoms with E-state index in [0.717, 1.165) is 45.0 Å². The Morgan fingerprint density at radius 2 is 2.08 bits per heavy atom. The molecular weight excluding hydrogens is 316 g/mol. The molecule has 1 aliphatic rings. The van der Waals surface area contributed by atoms with Gasteiger partial charge in [-0.3, -0.25) is 9.79 Å². The van der Waals surface area contributed by atoms with E-state index in [2.05, 4.69) is 39.5 Å². The van der Waals surface area contributed by atoms with Crippen molar-refractivity contribution in [3.63, 3.8) is 0 Å². The highest BCUT2D eigenvalue weighted by molar-refractivity contribution is 5.80. The van der Waals surface area contributed by atoms with Crippen molar-refractivity contribution >= 4 is 11.9 Å². The monoisotopic (exact) mass is 346 g/mol. The smallest absolute Gasteiger partial charge is 0.217 e. The third kappa shape index (κ3) is 6.38. The predicted octanol–water partition coefficient (Wildman–Crippen LogP) is 1.89. The van der Waals surface area contributed by atoms with Gasteiger partial charge in [-0.2, -0.15) is 0 Å².